The SMILES string of the molecule is C=C(C)N1CCC(CNS(=O)(=O)c2ccccc2-c2ccc(S(C)=O)cc2)CC1. The molecule has 3 rings (SSSR count). The quantitative estimate of drug-likeness (QED) is 0.726. The average molecular weight is 433 g/mol. The Hall–Kier alpha value is -1.96. The van der Waals surface area contributed by atoms with E-state index in [0.29, 0.717) is 22.9 Å². The van der Waals surface area contributed by atoms with Gasteiger partial charge in [-0.2, -0.15) is 0 Å². The van der Waals surface area contributed by atoms with E-state index >= 15 is 0 Å². The molecule has 29 heavy (non-hydrogen) atoms. The zero-order chi connectivity index (χ0) is 21.0. The minimum absolute atomic E-state index is 0.268. The zero-order valence-corrected chi connectivity index (χ0v) is 18.6. The molecule has 1 N–H and O–H groups in total. The number of allylic oxidation sites excluding steroid dienone is 1. The summed E-state index contributed by atoms with van der Waals surface area (Å²) in [7, 11) is -4.70. The lowest BCUT2D eigenvalue weighted by molar-refractivity contribution is 0.228. The normalized spacial score (nSPS) is 16.6. The fourth-order valence-electron chi connectivity index (χ4n) is 3.59. The van der Waals surface area contributed by atoms with Crippen molar-refractivity contribution >= 4 is 20.8 Å². The summed E-state index contributed by atoms with van der Waals surface area (Å²) >= 11 is 0. The Labute approximate surface area is 176 Å². The third-order valence-electron chi connectivity index (χ3n) is 5.39. The maximum Gasteiger partial charge on any atom is 0.241 e. The van der Waals surface area contributed by atoms with Crippen LogP contribution in [-0.4, -0.2) is 43.4 Å². The van der Waals surface area contributed by atoms with Gasteiger partial charge in [0, 0.05) is 52.8 Å². The van der Waals surface area contributed by atoms with Crippen LogP contribution in [0.3, 0.4) is 0 Å². The second-order valence-electron chi connectivity index (χ2n) is 7.49. The van der Waals surface area contributed by atoms with Crippen LogP contribution in [0.15, 0.2) is 70.6 Å². The lowest BCUT2D eigenvalue weighted by Gasteiger charge is -2.33. The van der Waals surface area contributed by atoms with Gasteiger partial charge in [0.25, 0.3) is 0 Å². The number of rotatable bonds is 7. The van der Waals surface area contributed by atoms with Gasteiger partial charge in [-0.3, -0.25) is 4.21 Å². The van der Waals surface area contributed by atoms with Crippen LogP contribution in [0.4, 0.5) is 0 Å². The monoisotopic (exact) mass is 432 g/mol. The number of hydrogen-bond donors (Lipinski definition) is 1. The molecular formula is C22H28N2O3S2. The smallest absolute Gasteiger partial charge is 0.241 e. The predicted molar refractivity (Wildman–Crippen MR) is 119 cm³/mol. The van der Waals surface area contributed by atoms with Crippen LogP contribution in [0.5, 0.6) is 0 Å². The van der Waals surface area contributed by atoms with E-state index in [2.05, 4.69) is 16.2 Å². The van der Waals surface area contributed by atoms with Gasteiger partial charge in [-0.05, 0) is 49.4 Å². The first-order chi connectivity index (χ1) is 13.8. The van der Waals surface area contributed by atoms with Crippen LogP contribution < -0.4 is 4.72 Å². The van der Waals surface area contributed by atoms with Crippen LogP contribution in [0.1, 0.15) is 19.8 Å². The number of piperidine rings is 1. The van der Waals surface area contributed by atoms with Crippen molar-refractivity contribution in [3.05, 3.63) is 60.8 Å². The van der Waals surface area contributed by atoms with Gasteiger partial charge in [-0.25, -0.2) is 13.1 Å². The largest absolute Gasteiger partial charge is 0.376 e. The van der Waals surface area contributed by atoms with E-state index in [4.69, 9.17) is 0 Å². The molecule has 7 heteroatoms. The summed E-state index contributed by atoms with van der Waals surface area (Å²) in [6, 6.07) is 14.2. The zero-order valence-electron chi connectivity index (χ0n) is 16.9. The molecule has 1 heterocycles. The fourth-order valence-corrected chi connectivity index (χ4v) is 5.45. The summed E-state index contributed by atoms with van der Waals surface area (Å²) in [4.78, 5) is 3.23. The minimum atomic E-state index is -3.64. The molecule has 2 aromatic rings. The van der Waals surface area contributed by atoms with Gasteiger partial charge >= 0.3 is 0 Å². The van der Waals surface area contributed by atoms with E-state index < -0.39 is 20.8 Å². The van der Waals surface area contributed by atoms with Gasteiger partial charge in [0.1, 0.15) is 0 Å². The van der Waals surface area contributed by atoms with E-state index in [1.165, 1.54) is 0 Å². The van der Waals surface area contributed by atoms with Crippen molar-refractivity contribution in [3.8, 4) is 11.1 Å². The van der Waals surface area contributed by atoms with Crippen molar-refractivity contribution in [2.45, 2.75) is 29.6 Å². The maximum absolute atomic E-state index is 13.0. The second kappa shape index (κ2) is 9.24. The van der Waals surface area contributed by atoms with Crippen molar-refractivity contribution < 1.29 is 12.6 Å². The number of likely N-dealkylation sites (tertiary alicyclic amines) is 1. The highest BCUT2D eigenvalue weighted by atomic mass is 32.2. The topological polar surface area (TPSA) is 66.5 Å². The summed E-state index contributed by atoms with van der Waals surface area (Å²) in [6.45, 7) is 8.26. The first-order valence-corrected chi connectivity index (χ1v) is 12.7. The van der Waals surface area contributed by atoms with Crippen molar-refractivity contribution in [3.63, 3.8) is 0 Å². The van der Waals surface area contributed by atoms with Gasteiger partial charge in [0.05, 0.1) is 4.90 Å². The molecule has 1 aliphatic rings. The van der Waals surface area contributed by atoms with E-state index in [9.17, 15) is 12.6 Å². The molecule has 0 spiro atoms. The van der Waals surface area contributed by atoms with Crippen LogP contribution in [0, 0.1) is 5.92 Å². The average Bonchev–Trinajstić information content (AvgIpc) is 2.72. The second-order valence-corrected chi connectivity index (χ2v) is 10.6. The van der Waals surface area contributed by atoms with Gasteiger partial charge in [0.2, 0.25) is 10.0 Å². The summed E-state index contributed by atoms with van der Waals surface area (Å²) in [5, 5.41) is 0. The Morgan fingerprint density at radius 1 is 1.14 bits per heavy atom. The lowest BCUT2D eigenvalue weighted by atomic mass is 9.97. The van der Waals surface area contributed by atoms with Crippen molar-refractivity contribution in [2.24, 2.45) is 5.92 Å². The Morgan fingerprint density at radius 2 is 1.76 bits per heavy atom. The number of sulfonamides is 1. The number of hydrogen-bond acceptors (Lipinski definition) is 4. The Kier molecular flexibility index (Phi) is 6.93. The molecule has 1 fully saturated rings. The number of nitrogens with one attached hydrogen (secondary N) is 1. The molecule has 0 amide bonds. The van der Waals surface area contributed by atoms with Crippen LogP contribution in [0.25, 0.3) is 11.1 Å². The highest BCUT2D eigenvalue weighted by molar-refractivity contribution is 7.89. The molecule has 0 aliphatic carbocycles. The molecule has 0 aromatic heterocycles. The first kappa shape index (κ1) is 21.7. The third-order valence-corrected chi connectivity index (χ3v) is 7.81. The summed E-state index contributed by atoms with van der Waals surface area (Å²) < 4.78 is 40.5. The van der Waals surface area contributed by atoms with Gasteiger partial charge in [-0.15, -0.1) is 0 Å². The molecule has 1 unspecified atom stereocenters. The summed E-state index contributed by atoms with van der Waals surface area (Å²) in [5.74, 6) is 0.325. The standard InChI is InChI=1S/C22H28N2O3S2/c1-17(2)24-14-12-18(13-15-24)16-23-29(26,27)22-7-5-4-6-21(22)19-8-10-20(11-9-19)28(3)25/h4-11,18,23H,1,12-16H2,2-3H3. The third kappa shape index (κ3) is 5.35. The molecule has 1 saturated heterocycles. The van der Waals surface area contributed by atoms with Crippen molar-refractivity contribution in [1.82, 2.24) is 9.62 Å². The van der Waals surface area contributed by atoms with Crippen LogP contribution in [0.2, 0.25) is 0 Å². The molecule has 0 saturated carbocycles. The van der Waals surface area contributed by atoms with E-state index in [-0.39, 0.29) is 4.90 Å². The van der Waals surface area contributed by atoms with Gasteiger partial charge < -0.3 is 4.90 Å². The van der Waals surface area contributed by atoms with E-state index in [1.54, 1.807) is 36.6 Å². The highest BCUT2D eigenvalue weighted by Crippen LogP contribution is 2.28. The molecule has 0 radical (unpaired) electrons. The summed E-state index contributed by atoms with van der Waals surface area (Å²) in [6.07, 6.45) is 3.53. The molecule has 1 aliphatic heterocycles. The van der Waals surface area contributed by atoms with Gasteiger partial charge in [0.15, 0.2) is 0 Å². The molecule has 156 valence electrons. The highest BCUT2D eigenvalue weighted by Gasteiger charge is 2.23. The first-order valence-electron chi connectivity index (χ1n) is 9.71. The molecule has 1 atom stereocenters. The minimum Gasteiger partial charge on any atom is -0.376 e. The number of nitrogens with zero attached hydrogens (tertiary/aromatic N) is 1. The lowest BCUT2D eigenvalue weighted by Crippen LogP contribution is -2.37. The molecule has 0 bridgehead atoms. The predicted octanol–water partition coefficient (Wildman–Crippen LogP) is 3.61. The summed E-state index contributed by atoms with van der Waals surface area (Å²) in [5.41, 5.74) is 2.50. The Bertz CT molecular complexity index is 993. The molecular weight excluding hydrogens is 404 g/mol. The molecule has 2 aromatic carbocycles. The van der Waals surface area contributed by atoms with Crippen LogP contribution in [-0.2, 0) is 20.8 Å². The van der Waals surface area contributed by atoms with Crippen LogP contribution >= 0.6 is 0 Å². The Morgan fingerprint density at radius 3 is 2.34 bits per heavy atom. The van der Waals surface area contributed by atoms with Gasteiger partial charge in [-0.1, -0.05) is 36.9 Å². The fraction of sp³-hybridized carbons (Fsp3) is 0.364. The van der Waals surface area contributed by atoms with Crippen molar-refractivity contribution in [2.75, 3.05) is 25.9 Å². The maximum atomic E-state index is 13.0. The van der Waals surface area contributed by atoms with E-state index in [1.807, 2.05) is 25.1 Å². The van der Waals surface area contributed by atoms with E-state index in [0.717, 1.165) is 37.2 Å². The Balaban J connectivity index is 1.74. The van der Waals surface area contributed by atoms with Crippen molar-refractivity contribution in [1.29, 1.82) is 0 Å². The molecule has 5 nitrogen and oxygen atoms in total. The number of benzene rings is 2.